The number of hydrogen-bond acceptors (Lipinski definition) is 5. The number of ether oxygens (including phenoxy) is 5. The lowest BCUT2D eigenvalue weighted by atomic mass is 9.91. The number of halogens is 14. The van der Waals surface area contributed by atoms with Crippen LogP contribution in [0.25, 0.3) is 0 Å². The molecular weight excluding hydrogens is 643 g/mol. The van der Waals surface area contributed by atoms with Gasteiger partial charge in [-0.05, 0) is 36.1 Å². The quantitative estimate of drug-likeness (QED) is 0.120. The second kappa shape index (κ2) is 13.4. The van der Waals surface area contributed by atoms with Crippen LogP contribution in [0.5, 0.6) is 0 Å². The molecule has 0 N–H and O–H groups in total. The second-order valence-electron chi connectivity index (χ2n) is 8.44. The van der Waals surface area contributed by atoms with Crippen LogP contribution in [0.2, 0.25) is 0 Å². The number of allylic oxidation sites excluding steroid dienone is 4. The summed E-state index contributed by atoms with van der Waals surface area (Å²) in [6, 6.07) is 0. The van der Waals surface area contributed by atoms with E-state index in [9.17, 15) is 52.7 Å². The van der Waals surface area contributed by atoms with Crippen LogP contribution in [-0.2, 0) is 23.7 Å². The van der Waals surface area contributed by atoms with E-state index in [0.717, 1.165) is 24.3 Å². The van der Waals surface area contributed by atoms with Crippen LogP contribution in [0.4, 0.5) is 52.7 Å². The lowest BCUT2D eigenvalue weighted by Crippen LogP contribution is -2.46. The Morgan fingerprint density at radius 1 is 0.585 bits per heavy atom. The summed E-state index contributed by atoms with van der Waals surface area (Å²) in [5.74, 6) is -7.41. The lowest BCUT2D eigenvalue weighted by Gasteiger charge is -2.38. The fourth-order valence-corrected chi connectivity index (χ4v) is 4.46. The van der Waals surface area contributed by atoms with E-state index in [1.165, 1.54) is 0 Å². The van der Waals surface area contributed by atoms with Gasteiger partial charge in [-0.15, -0.1) is 75.9 Å². The first-order valence-electron chi connectivity index (χ1n) is 11.2. The van der Waals surface area contributed by atoms with Gasteiger partial charge in [0.25, 0.3) is 0 Å². The van der Waals surface area contributed by atoms with Crippen molar-refractivity contribution in [3.8, 4) is 0 Å². The zero-order chi connectivity index (χ0) is 31.3. The molecule has 2 unspecified atom stereocenters. The highest BCUT2D eigenvalue weighted by Gasteiger charge is 2.53. The molecule has 236 valence electrons. The first-order chi connectivity index (χ1) is 18.6. The topological polar surface area (TPSA) is 46.2 Å². The summed E-state index contributed by atoms with van der Waals surface area (Å²) >= 11 is 11.5. The predicted octanol–water partition coefficient (Wildman–Crippen LogP) is 8.31. The Balaban J connectivity index is 2.40. The van der Waals surface area contributed by atoms with Crippen LogP contribution in [0.3, 0.4) is 0 Å². The van der Waals surface area contributed by atoms with Gasteiger partial charge in [-0.3, -0.25) is 18.9 Å². The third-order valence-corrected chi connectivity index (χ3v) is 5.71. The first kappa shape index (κ1) is 35.7. The maximum atomic E-state index is 13.0. The van der Waals surface area contributed by atoms with Gasteiger partial charge in [0.1, 0.15) is 0 Å². The zero-order valence-electron chi connectivity index (χ0n) is 20.2. The SMILES string of the molecule is FC(F)(F)OC1(OC(F)(F)F)C=CC=C(C(CCCl)OC(CCCl)C2=CC=CC(OC(F)(F)F)(OC(F)(F)F)C2)C1. The summed E-state index contributed by atoms with van der Waals surface area (Å²) in [4.78, 5) is 0. The van der Waals surface area contributed by atoms with Crippen molar-refractivity contribution in [1.29, 1.82) is 0 Å². The van der Waals surface area contributed by atoms with Crippen LogP contribution in [0.1, 0.15) is 25.7 Å². The van der Waals surface area contributed by atoms with Crippen molar-refractivity contribution in [2.75, 3.05) is 11.8 Å². The molecule has 0 heterocycles. The van der Waals surface area contributed by atoms with Crippen molar-refractivity contribution in [2.24, 2.45) is 0 Å². The Hall–Kier alpha value is -1.50. The highest BCUT2D eigenvalue weighted by molar-refractivity contribution is 6.18. The molecule has 0 aromatic rings. The number of rotatable bonds is 12. The highest BCUT2D eigenvalue weighted by atomic mass is 35.5. The highest BCUT2D eigenvalue weighted by Crippen LogP contribution is 2.43. The third-order valence-electron chi connectivity index (χ3n) is 5.27. The zero-order valence-corrected chi connectivity index (χ0v) is 21.7. The van der Waals surface area contributed by atoms with Gasteiger partial charge < -0.3 is 4.74 Å². The molecule has 0 radical (unpaired) electrons. The van der Waals surface area contributed by atoms with E-state index in [0.29, 0.717) is 12.2 Å². The maximum absolute atomic E-state index is 13.0. The minimum absolute atomic E-state index is 0.277. The van der Waals surface area contributed by atoms with E-state index >= 15 is 0 Å². The van der Waals surface area contributed by atoms with E-state index < -0.39 is 62.1 Å². The molecule has 0 bridgehead atoms. The van der Waals surface area contributed by atoms with Crippen molar-refractivity contribution in [2.45, 2.75) is 74.9 Å². The summed E-state index contributed by atoms with van der Waals surface area (Å²) in [6.45, 7) is 0. The van der Waals surface area contributed by atoms with Gasteiger partial charge in [-0.25, -0.2) is 0 Å². The first-order valence-corrected chi connectivity index (χ1v) is 12.3. The van der Waals surface area contributed by atoms with E-state index in [1.807, 2.05) is 0 Å². The fourth-order valence-electron chi connectivity index (χ4n) is 4.07. The molecule has 0 amide bonds. The summed E-state index contributed by atoms with van der Waals surface area (Å²) < 4.78 is 176. The minimum Gasteiger partial charge on any atom is -0.366 e. The monoisotopic (exact) mass is 662 g/mol. The molecule has 41 heavy (non-hydrogen) atoms. The number of hydrogen-bond donors (Lipinski definition) is 0. The van der Waals surface area contributed by atoms with Gasteiger partial charge in [0.2, 0.25) is 11.6 Å². The van der Waals surface area contributed by atoms with Crippen molar-refractivity contribution in [1.82, 2.24) is 0 Å². The van der Waals surface area contributed by atoms with Crippen LogP contribution < -0.4 is 0 Å². The molecule has 5 nitrogen and oxygen atoms in total. The minimum atomic E-state index is -5.60. The summed E-state index contributed by atoms with van der Waals surface area (Å²) in [7, 11) is 0. The molecule has 0 spiro atoms. The average Bonchev–Trinajstić information content (AvgIpc) is 2.73. The molecule has 19 heteroatoms. The van der Waals surface area contributed by atoms with E-state index in [1.54, 1.807) is 0 Å². The standard InChI is InChI=1S/C22H20Cl2F12O5/c23-9-5-15(13-3-1-7-17(11-13,38-19(25,26)27)39-20(28,29)30)37-16(6-10-24)14-4-2-8-18(12-14,40-21(31,32)33)41-22(34,35)36/h1-4,7-8,15-16H,5-6,9-12H2. The van der Waals surface area contributed by atoms with Gasteiger partial charge in [-0.1, -0.05) is 24.3 Å². The lowest BCUT2D eigenvalue weighted by molar-refractivity contribution is -0.466. The summed E-state index contributed by atoms with van der Waals surface area (Å²) in [5, 5.41) is 0. The van der Waals surface area contributed by atoms with Gasteiger partial charge in [-0.2, -0.15) is 0 Å². The molecule has 0 aliphatic heterocycles. The van der Waals surface area contributed by atoms with Crippen molar-refractivity contribution >= 4 is 23.2 Å². The van der Waals surface area contributed by atoms with Gasteiger partial charge in [0.05, 0.1) is 12.2 Å². The Morgan fingerprint density at radius 2 is 0.878 bits per heavy atom. The number of alkyl halides is 14. The normalized spacial score (nSPS) is 20.9. The Kier molecular flexibility index (Phi) is 11.7. The molecule has 0 fully saturated rings. The maximum Gasteiger partial charge on any atom is 0.525 e. The van der Waals surface area contributed by atoms with E-state index in [2.05, 4.69) is 18.9 Å². The molecule has 0 saturated carbocycles. The predicted molar refractivity (Wildman–Crippen MR) is 117 cm³/mol. The van der Waals surface area contributed by atoms with Crippen LogP contribution in [0, 0.1) is 0 Å². The third kappa shape index (κ3) is 12.3. The Labute approximate surface area is 234 Å². The van der Waals surface area contributed by atoms with Gasteiger partial charge in [0, 0.05) is 24.6 Å². The molecule has 0 saturated heterocycles. The molecular formula is C22H20Cl2F12O5. The molecule has 0 aromatic heterocycles. The molecule has 2 atom stereocenters. The smallest absolute Gasteiger partial charge is 0.366 e. The van der Waals surface area contributed by atoms with E-state index in [4.69, 9.17) is 27.9 Å². The van der Waals surface area contributed by atoms with Crippen molar-refractivity contribution < 1.29 is 76.4 Å². The summed E-state index contributed by atoms with van der Waals surface area (Å²) in [5.41, 5.74) is -0.560. The average molecular weight is 663 g/mol. The van der Waals surface area contributed by atoms with Gasteiger partial charge >= 0.3 is 25.4 Å². The molecule has 2 aliphatic rings. The largest absolute Gasteiger partial charge is 0.525 e. The van der Waals surface area contributed by atoms with Crippen LogP contribution >= 0.6 is 23.2 Å². The van der Waals surface area contributed by atoms with E-state index in [-0.39, 0.29) is 35.7 Å². The molecule has 2 rings (SSSR count). The van der Waals surface area contributed by atoms with Crippen molar-refractivity contribution in [3.63, 3.8) is 0 Å². The Bertz CT molecular complexity index is 889. The fraction of sp³-hybridized carbons (Fsp3) is 0.636. The Morgan fingerprint density at radius 3 is 1.12 bits per heavy atom. The molecule has 2 aliphatic carbocycles. The van der Waals surface area contributed by atoms with Crippen LogP contribution in [-0.4, -0.2) is 61.0 Å². The van der Waals surface area contributed by atoms with Crippen LogP contribution in [0.15, 0.2) is 47.6 Å². The second-order valence-corrected chi connectivity index (χ2v) is 9.19. The molecule has 0 aromatic carbocycles. The van der Waals surface area contributed by atoms with Gasteiger partial charge in [0.15, 0.2) is 0 Å². The van der Waals surface area contributed by atoms with Crippen molar-refractivity contribution in [3.05, 3.63) is 47.6 Å². The summed E-state index contributed by atoms with van der Waals surface area (Å²) in [6.07, 6.45) is -23.8.